The largest absolute Gasteiger partial charge is 0.491 e. The monoisotopic (exact) mass is 296 g/mol. The zero-order valence-corrected chi connectivity index (χ0v) is 13.4. The Kier molecular flexibility index (Phi) is 5.70. The number of halogens is 1. The third-order valence-electron chi connectivity index (χ3n) is 3.63. The van der Waals surface area contributed by atoms with Gasteiger partial charge in [0.1, 0.15) is 5.75 Å². The number of likely N-dealkylation sites (N-methyl/N-ethyl adjacent to an activating group) is 1. The van der Waals surface area contributed by atoms with Crippen LogP contribution in [0.3, 0.4) is 0 Å². The summed E-state index contributed by atoms with van der Waals surface area (Å²) in [5, 5.41) is 0.0477. The van der Waals surface area contributed by atoms with Gasteiger partial charge in [-0.2, -0.15) is 0 Å². The molecular formula is C16H25ClN2O. The minimum atomic E-state index is 0.0477. The molecular weight excluding hydrogens is 272 g/mol. The fourth-order valence-corrected chi connectivity index (χ4v) is 2.73. The Morgan fingerprint density at radius 1 is 1.10 bits per heavy atom. The lowest BCUT2D eigenvalue weighted by Gasteiger charge is -2.33. The van der Waals surface area contributed by atoms with Crippen molar-refractivity contribution in [2.45, 2.75) is 25.3 Å². The first-order chi connectivity index (χ1) is 9.54. The van der Waals surface area contributed by atoms with Crippen LogP contribution in [0.5, 0.6) is 5.75 Å². The molecule has 4 heteroatoms. The van der Waals surface area contributed by atoms with Crippen LogP contribution in [0.25, 0.3) is 0 Å². The minimum Gasteiger partial charge on any atom is -0.491 e. The topological polar surface area (TPSA) is 15.7 Å². The number of hydrogen-bond acceptors (Lipinski definition) is 3. The van der Waals surface area contributed by atoms with Crippen molar-refractivity contribution in [2.75, 3.05) is 39.8 Å². The first kappa shape index (κ1) is 15.6. The molecule has 0 aliphatic carbocycles. The van der Waals surface area contributed by atoms with E-state index in [-0.39, 0.29) is 11.5 Å². The van der Waals surface area contributed by atoms with Gasteiger partial charge in [-0.15, -0.1) is 11.6 Å². The molecule has 0 bridgehead atoms. The molecule has 1 aliphatic heterocycles. The maximum absolute atomic E-state index is 6.54. The van der Waals surface area contributed by atoms with E-state index in [0.717, 1.165) is 38.5 Å². The summed E-state index contributed by atoms with van der Waals surface area (Å²) >= 11 is 6.54. The first-order valence-corrected chi connectivity index (χ1v) is 7.80. The first-order valence-electron chi connectivity index (χ1n) is 7.36. The summed E-state index contributed by atoms with van der Waals surface area (Å²) < 4.78 is 5.65. The van der Waals surface area contributed by atoms with Gasteiger partial charge in [0.05, 0.1) is 11.5 Å². The fraction of sp³-hybridized carbons (Fsp3) is 0.625. The van der Waals surface area contributed by atoms with Crippen molar-refractivity contribution in [1.29, 1.82) is 0 Å². The lowest BCUT2D eigenvalue weighted by Crippen LogP contribution is -2.45. The number of piperazine rings is 1. The van der Waals surface area contributed by atoms with E-state index in [1.54, 1.807) is 0 Å². The second-order valence-electron chi connectivity index (χ2n) is 5.81. The van der Waals surface area contributed by atoms with Crippen LogP contribution in [0.1, 0.15) is 24.8 Å². The summed E-state index contributed by atoms with van der Waals surface area (Å²) in [7, 11) is 2.17. The van der Waals surface area contributed by atoms with Crippen molar-refractivity contribution in [3.05, 3.63) is 29.8 Å². The Morgan fingerprint density at radius 3 is 2.25 bits per heavy atom. The van der Waals surface area contributed by atoms with Gasteiger partial charge < -0.3 is 9.64 Å². The van der Waals surface area contributed by atoms with E-state index in [9.17, 15) is 0 Å². The van der Waals surface area contributed by atoms with Crippen LogP contribution in [0.4, 0.5) is 0 Å². The summed E-state index contributed by atoms with van der Waals surface area (Å²) in [6, 6.07) is 8.17. The highest BCUT2D eigenvalue weighted by Gasteiger charge is 2.18. The lowest BCUT2D eigenvalue weighted by atomic mass is 10.1. The highest BCUT2D eigenvalue weighted by Crippen LogP contribution is 2.24. The maximum Gasteiger partial charge on any atom is 0.119 e. The number of rotatable bonds is 5. The van der Waals surface area contributed by atoms with Gasteiger partial charge >= 0.3 is 0 Å². The molecule has 1 atom stereocenters. The molecule has 1 fully saturated rings. The van der Waals surface area contributed by atoms with E-state index in [1.165, 1.54) is 5.56 Å². The SMILES string of the molecule is CC(C)Oc1ccc(C(Cl)CN2CCN(C)CC2)cc1. The zero-order chi connectivity index (χ0) is 14.5. The van der Waals surface area contributed by atoms with Gasteiger partial charge in [0.15, 0.2) is 0 Å². The predicted octanol–water partition coefficient (Wildman–Crippen LogP) is 3.00. The molecule has 0 aromatic heterocycles. The van der Waals surface area contributed by atoms with Crippen LogP contribution in [-0.4, -0.2) is 55.7 Å². The summed E-state index contributed by atoms with van der Waals surface area (Å²) in [6.07, 6.45) is 0.206. The Bertz CT molecular complexity index is 399. The molecule has 1 heterocycles. The number of nitrogens with zero attached hydrogens (tertiary/aromatic N) is 2. The van der Waals surface area contributed by atoms with Gasteiger partial charge in [-0.25, -0.2) is 0 Å². The molecule has 1 aliphatic rings. The molecule has 0 N–H and O–H groups in total. The molecule has 0 spiro atoms. The molecule has 20 heavy (non-hydrogen) atoms. The highest BCUT2D eigenvalue weighted by atomic mass is 35.5. The van der Waals surface area contributed by atoms with Gasteiger partial charge in [0.25, 0.3) is 0 Å². The Labute approximate surface area is 127 Å². The van der Waals surface area contributed by atoms with Gasteiger partial charge in [-0.1, -0.05) is 12.1 Å². The van der Waals surface area contributed by atoms with Crippen LogP contribution in [-0.2, 0) is 0 Å². The van der Waals surface area contributed by atoms with Crippen molar-refractivity contribution in [2.24, 2.45) is 0 Å². The Morgan fingerprint density at radius 2 is 1.70 bits per heavy atom. The molecule has 0 radical (unpaired) electrons. The number of alkyl halides is 1. The highest BCUT2D eigenvalue weighted by molar-refractivity contribution is 6.21. The summed E-state index contributed by atoms with van der Waals surface area (Å²) in [4.78, 5) is 4.80. The van der Waals surface area contributed by atoms with Gasteiger partial charge in [0, 0.05) is 32.7 Å². The van der Waals surface area contributed by atoms with Crippen molar-refractivity contribution in [3.8, 4) is 5.75 Å². The predicted molar refractivity (Wildman–Crippen MR) is 84.7 cm³/mol. The van der Waals surface area contributed by atoms with Crippen molar-refractivity contribution in [3.63, 3.8) is 0 Å². The molecule has 0 amide bonds. The summed E-state index contributed by atoms with van der Waals surface area (Å²) in [5.41, 5.74) is 1.17. The van der Waals surface area contributed by atoms with Crippen LogP contribution in [0, 0.1) is 0 Å². The Hall–Kier alpha value is -0.770. The quantitative estimate of drug-likeness (QED) is 0.777. The third-order valence-corrected chi connectivity index (χ3v) is 4.02. The van der Waals surface area contributed by atoms with E-state index in [1.807, 2.05) is 26.0 Å². The number of benzene rings is 1. The van der Waals surface area contributed by atoms with E-state index in [0.29, 0.717) is 0 Å². The average Bonchev–Trinajstić information content (AvgIpc) is 2.41. The van der Waals surface area contributed by atoms with E-state index < -0.39 is 0 Å². The van der Waals surface area contributed by atoms with Crippen LogP contribution in [0.15, 0.2) is 24.3 Å². The molecule has 112 valence electrons. The summed E-state index contributed by atoms with van der Waals surface area (Å²) in [5.74, 6) is 0.909. The average molecular weight is 297 g/mol. The standard InChI is InChI=1S/C16H25ClN2O/c1-13(2)20-15-6-4-14(5-7-15)16(17)12-19-10-8-18(3)9-11-19/h4-7,13,16H,8-12H2,1-3H3. The molecule has 1 aromatic carbocycles. The molecule has 0 saturated carbocycles. The molecule has 1 aromatic rings. The minimum absolute atomic E-state index is 0.0477. The second-order valence-corrected chi connectivity index (χ2v) is 6.33. The maximum atomic E-state index is 6.54. The molecule has 1 unspecified atom stereocenters. The van der Waals surface area contributed by atoms with Crippen LogP contribution >= 0.6 is 11.6 Å². The Balaban J connectivity index is 1.87. The van der Waals surface area contributed by atoms with E-state index >= 15 is 0 Å². The summed E-state index contributed by atoms with van der Waals surface area (Å²) in [6.45, 7) is 9.45. The molecule has 2 rings (SSSR count). The fourth-order valence-electron chi connectivity index (χ4n) is 2.39. The molecule has 3 nitrogen and oxygen atoms in total. The second kappa shape index (κ2) is 7.30. The van der Waals surface area contributed by atoms with Crippen LogP contribution in [0.2, 0.25) is 0 Å². The van der Waals surface area contributed by atoms with Crippen molar-refractivity contribution < 1.29 is 4.74 Å². The van der Waals surface area contributed by atoms with E-state index in [4.69, 9.17) is 16.3 Å². The van der Waals surface area contributed by atoms with Gasteiger partial charge in [-0.3, -0.25) is 4.90 Å². The van der Waals surface area contributed by atoms with E-state index in [2.05, 4.69) is 29.0 Å². The van der Waals surface area contributed by atoms with Crippen LogP contribution < -0.4 is 4.74 Å². The molecule has 1 saturated heterocycles. The van der Waals surface area contributed by atoms with Crippen molar-refractivity contribution in [1.82, 2.24) is 9.80 Å². The lowest BCUT2D eigenvalue weighted by molar-refractivity contribution is 0.154. The van der Waals surface area contributed by atoms with Gasteiger partial charge in [-0.05, 0) is 38.6 Å². The normalized spacial score (nSPS) is 19.2. The van der Waals surface area contributed by atoms with Gasteiger partial charge in [0.2, 0.25) is 0 Å². The van der Waals surface area contributed by atoms with Crippen molar-refractivity contribution >= 4 is 11.6 Å². The number of ether oxygens (including phenoxy) is 1. The smallest absolute Gasteiger partial charge is 0.119 e. The third kappa shape index (κ3) is 4.65. The number of hydrogen-bond donors (Lipinski definition) is 0. The zero-order valence-electron chi connectivity index (χ0n) is 12.7.